The number of aromatic nitrogens is 2. The van der Waals surface area contributed by atoms with E-state index in [9.17, 15) is 0 Å². The summed E-state index contributed by atoms with van der Waals surface area (Å²) >= 11 is 1.71. The molecule has 1 fully saturated rings. The molecule has 0 radical (unpaired) electrons. The monoisotopic (exact) mass is 248 g/mol. The SMILES string of the molecule is Cc1csc2c(NC3(C)CCNC3)ncnc12. The highest BCUT2D eigenvalue weighted by atomic mass is 32.1. The zero-order chi connectivity index (χ0) is 11.9. The van der Waals surface area contributed by atoms with Crippen molar-refractivity contribution in [1.29, 1.82) is 0 Å². The van der Waals surface area contributed by atoms with Gasteiger partial charge in [-0.15, -0.1) is 11.3 Å². The molecule has 4 nitrogen and oxygen atoms in total. The third-order valence-corrected chi connectivity index (χ3v) is 4.41. The van der Waals surface area contributed by atoms with Gasteiger partial charge in [-0.25, -0.2) is 9.97 Å². The second kappa shape index (κ2) is 3.92. The fraction of sp³-hybridized carbons (Fsp3) is 0.500. The van der Waals surface area contributed by atoms with Crippen LogP contribution in [0.25, 0.3) is 10.2 Å². The Kier molecular flexibility index (Phi) is 2.52. The summed E-state index contributed by atoms with van der Waals surface area (Å²) in [6.07, 6.45) is 2.78. The van der Waals surface area contributed by atoms with Crippen LogP contribution in [0.1, 0.15) is 18.9 Å². The summed E-state index contributed by atoms with van der Waals surface area (Å²) in [6.45, 7) is 6.39. The Morgan fingerprint density at radius 3 is 3.12 bits per heavy atom. The standard InChI is InChI=1S/C12H16N4S/c1-8-5-17-10-9(8)14-7-15-11(10)16-12(2)3-4-13-6-12/h5,7,13H,3-4,6H2,1-2H3,(H,14,15,16). The van der Waals surface area contributed by atoms with Crippen molar-refractivity contribution < 1.29 is 0 Å². The highest BCUT2D eigenvalue weighted by Gasteiger charge is 2.29. The van der Waals surface area contributed by atoms with Crippen molar-refractivity contribution in [3.8, 4) is 0 Å². The molecule has 3 heterocycles. The number of rotatable bonds is 2. The van der Waals surface area contributed by atoms with E-state index >= 15 is 0 Å². The van der Waals surface area contributed by atoms with Gasteiger partial charge in [-0.3, -0.25) is 0 Å². The molecule has 2 aromatic rings. The summed E-state index contributed by atoms with van der Waals surface area (Å²) in [5.74, 6) is 0.972. The van der Waals surface area contributed by atoms with Crippen molar-refractivity contribution in [3.63, 3.8) is 0 Å². The van der Waals surface area contributed by atoms with Gasteiger partial charge in [-0.05, 0) is 37.8 Å². The first-order valence-corrected chi connectivity index (χ1v) is 6.74. The molecule has 0 bridgehead atoms. The highest BCUT2D eigenvalue weighted by molar-refractivity contribution is 7.18. The van der Waals surface area contributed by atoms with Gasteiger partial charge < -0.3 is 10.6 Å². The van der Waals surface area contributed by atoms with Crippen LogP contribution in [0.5, 0.6) is 0 Å². The summed E-state index contributed by atoms with van der Waals surface area (Å²) in [5.41, 5.74) is 2.41. The van der Waals surface area contributed by atoms with Crippen molar-refractivity contribution in [2.24, 2.45) is 0 Å². The second-order valence-corrected chi connectivity index (χ2v) is 5.81. The number of nitrogens with zero attached hydrogens (tertiary/aromatic N) is 2. The van der Waals surface area contributed by atoms with Gasteiger partial charge in [0, 0.05) is 12.1 Å². The number of anilines is 1. The largest absolute Gasteiger partial charge is 0.362 e. The van der Waals surface area contributed by atoms with E-state index in [1.807, 2.05) is 0 Å². The minimum Gasteiger partial charge on any atom is -0.362 e. The van der Waals surface area contributed by atoms with Crippen LogP contribution in [0, 0.1) is 6.92 Å². The molecular weight excluding hydrogens is 232 g/mol. The van der Waals surface area contributed by atoms with Crippen molar-refractivity contribution in [2.75, 3.05) is 18.4 Å². The Morgan fingerprint density at radius 2 is 2.35 bits per heavy atom. The first kappa shape index (κ1) is 10.9. The number of fused-ring (bicyclic) bond motifs is 1. The lowest BCUT2D eigenvalue weighted by molar-refractivity contribution is 0.565. The van der Waals surface area contributed by atoms with E-state index in [2.05, 4.69) is 39.8 Å². The van der Waals surface area contributed by atoms with E-state index in [1.54, 1.807) is 17.7 Å². The van der Waals surface area contributed by atoms with Crippen molar-refractivity contribution in [3.05, 3.63) is 17.3 Å². The Labute approximate surface area is 104 Å². The Bertz CT molecular complexity index is 542. The van der Waals surface area contributed by atoms with E-state index in [-0.39, 0.29) is 5.54 Å². The summed E-state index contributed by atoms with van der Waals surface area (Å²) in [5, 5.41) is 9.09. The van der Waals surface area contributed by atoms with Gasteiger partial charge in [0.25, 0.3) is 0 Å². The maximum Gasteiger partial charge on any atom is 0.147 e. The number of nitrogens with one attached hydrogen (secondary N) is 2. The number of hydrogen-bond acceptors (Lipinski definition) is 5. The lowest BCUT2D eigenvalue weighted by Crippen LogP contribution is -2.37. The van der Waals surface area contributed by atoms with Crippen LogP contribution < -0.4 is 10.6 Å². The van der Waals surface area contributed by atoms with Crippen LogP contribution in [0.3, 0.4) is 0 Å². The quantitative estimate of drug-likeness (QED) is 0.855. The average molecular weight is 248 g/mol. The molecule has 0 amide bonds. The molecule has 0 saturated carbocycles. The third kappa shape index (κ3) is 1.89. The van der Waals surface area contributed by atoms with Crippen LogP contribution >= 0.6 is 11.3 Å². The fourth-order valence-corrected chi connectivity index (χ4v) is 3.21. The molecule has 1 saturated heterocycles. The molecule has 0 aliphatic carbocycles. The minimum absolute atomic E-state index is 0.110. The zero-order valence-corrected chi connectivity index (χ0v) is 10.9. The van der Waals surface area contributed by atoms with Gasteiger partial charge >= 0.3 is 0 Å². The molecule has 1 aliphatic heterocycles. The normalized spacial score (nSPS) is 24.4. The summed E-state index contributed by atoms with van der Waals surface area (Å²) in [7, 11) is 0. The van der Waals surface area contributed by atoms with Gasteiger partial charge in [-0.2, -0.15) is 0 Å². The van der Waals surface area contributed by atoms with Crippen LogP contribution in [0.15, 0.2) is 11.7 Å². The predicted molar refractivity (Wildman–Crippen MR) is 71.7 cm³/mol. The molecule has 0 aromatic carbocycles. The number of hydrogen-bond donors (Lipinski definition) is 2. The fourth-order valence-electron chi connectivity index (χ4n) is 2.27. The zero-order valence-electron chi connectivity index (χ0n) is 10.1. The highest BCUT2D eigenvalue weighted by Crippen LogP contribution is 2.31. The average Bonchev–Trinajstić information content (AvgIpc) is 2.88. The minimum atomic E-state index is 0.110. The topological polar surface area (TPSA) is 49.8 Å². The second-order valence-electron chi connectivity index (χ2n) is 4.93. The first-order valence-electron chi connectivity index (χ1n) is 5.86. The molecule has 1 unspecified atom stereocenters. The van der Waals surface area contributed by atoms with E-state index in [1.165, 1.54) is 5.56 Å². The molecule has 5 heteroatoms. The van der Waals surface area contributed by atoms with Crippen LogP contribution in [0.2, 0.25) is 0 Å². The maximum atomic E-state index is 4.39. The van der Waals surface area contributed by atoms with Gasteiger partial charge in [0.1, 0.15) is 12.1 Å². The molecule has 2 aromatic heterocycles. The van der Waals surface area contributed by atoms with E-state index in [0.717, 1.165) is 35.5 Å². The molecule has 17 heavy (non-hydrogen) atoms. The summed E-state index contributed by atoms with van der Waals surface area (Å²) in [6, 6.07) is 0. The van der Waals surface area contributed by atoms with E-state index in [4.69, 9.17) is 0 Å². The number of thiophene rings is 1. The first-order chi connectivity index (χ1) is 8.18. The molecule has 90 valence electrons. The molecule has 2 N–H and O–H groups in total. The van der Waals surface area contributed by atoms with Crippen LogP contribution in [-0.4, -0.2) is 28.6 Å². The Balaban J connectivity index is 2.00. The Morgan fingerprint density at radius 1 is 1.47 bits per heavy atom. The molecular formula is C12H16N4S. The van der Waals surface area contributed by atoms with Crippen LogP contribution in [0.4, 0.5) is 5.82 Å². The van der Waals surface area contributed by atoms with E-state index < -0.39 is 0 Å². The Hall–Kier alpha value is -1.20. The predicted octanol–water partition coefficient (Wildman–Crippen LogP) is 2.16. The van der Waals surface area contributed by atoms with E-state index in [0.29, 0.717) is 0 Å². The van der Waals surface area contributed by atoms with Gasteiger partial charge in [0.05, 0.1) is 10.2 Å². The molecule has 0 spiro atoms. The number of aryl methyl sites for hydroxylation is 1. The maximum absolute atomic E-state index is 4.39. The molecule has 1 aliphatic rings. The molecule has 1 atom stereocenters. The van der Waals surface area contributed by atoms with Crippen molar-refractivity contribution in [2.45, 2.75) is 25.8 Å². The lowest BCUT2D eigenvalue weighted by atomic mass is 10.0. The van der Waals surface area contributed by atoms with Gasteiger partial charge in [-0.1, -0.05) is 0 Å². The molecule has 3 rings (SSSR count). The summed E-state index contributed by atoms with van der Waals surface area (Å²) in [4.78, 5) is 8.73. The van der Waals surface area contributed by atoms with Crippen LogP contribution in [-0.2, 0) is 0 Å². The van der Waals surface area contributed by atoms with Gasteiger partial charge in [0.2, 0.25) is 0 Å². The lowest BCUT2D eigenvalue weighted by Gasteiger charge is -2.25. The van der Waals surface area contributed by atoms with Crippen molar-refractivity contribution in [1.82, 2.24) is 15.3 Å². The summed E-state index contributed by atoms with van der Waals surface area (Å²) < 4.78 is 1.16. The smallest absolute Gasteiger partial charge is 0.147 e. The van der Waals surface area contributed by atoms with Crippen molar-refractivity contribution >= 4 is 27.4 Å². The van der Waals surface area contributed by atoms with Gasteiger partial charge in [0.15, 0.2) is 0 Å². The third-order valence-electron chi connectivity index (χ3n) is 3.32.